The Hall–Kier alpha value is -0.770. The number of H-pyrrole nitrogens is 1. The Morgan fingerprint density at radius 1 is 1.38 bits per heavy atom. The Bertz CT molecular complexity index is 176. The largest absolute Gasteiger partial charge is 0.346 e. The van der Waals surface area contributed by atoms with Gasteiger partial charge in [-0.05, 0) is 6.07 Å². The standard InChI is InChI=1S/C4H5N3S/c1-2-5-4-3(1)6-8-7-4/h1-2,5-7H. The molecule has 2 heterocycles. The zero-order valence-electron chi connectivity index (χ0n) is 4.06. The van der Waals surface area contributed by atoms with Crippen molar-refractivity contribution >= 4 is 23.6 Å². The van der Waals surface area contributed by atoms with Crippen molar-refractivity contribution in [2.45, 2.75) is 0 Å². The molecule has 0 spiro atoms. The lowest BCUT2D eigenvalue weighted by Crippen LogP contribution is -1.77. The summed E-state index contributed by atoms with van der Waals surface area (Å²) in [6, 6.07) is 1.99. The number of aromatic amines is 1. The summed E-state index contributed by atoms with van der Waals surface area (Å²) in [4.78, 5) is 3.02. The van der Waals surface area contributed by atoms with E-state index in [4.69, 9.17) is 0 Å². The van der Waals surface area contributed by atoms with Gasteiger partial charge in [-0.15, -0.1) is 0 Å². The third kappa shape index (κ3) is 0.403. The average molecular weight is 127 g/mol. The fourth-order valence-corrected chi connectivity index (χ4v) is 1.27. The fraction of sp³-hybridized carbons (Fsp3) is 0. The highest BCUT2D eigenvalue weighted by atomic mass is 32.2. The van der Waals surface area contributed by atoms with E-state index in [1.165, 1.54) is 12.1 Å². The van der Waals surface area contributed by atoms with Crippen LogP contribution in [0.3, 0.4) is 0 Å². The molecule has 1 aliphatic heterocycles. The van der Waals surface area contributed by atoms with Crippen molar-refractivity contribution in [3.05, 3.63) is 12.3 Å². The van der Waals surface area contributed by atoms with Crippen LogP contribution in [0.1, 0.15) is 0 Å². The molecule has 0 aliphatic carbocycles. The Kier molecular flexibility index (Phi) is 0.700. The van der Waals surface area contributed by atoms with Crippen LogP contribution in [0.15, 0.2) is 12.3 Å². The lowest BCUT2D eigenvalue weighted by atomic mass is 10.5. The van der Waals surface area contributed by atoms with E-state index in [9.17, 15) is 0 Å². The second-order valence-electron chi connectivity index (χ2n) is 1.57. The van der Waals surface area contributed by atoms with E-state index < -0.39 is 0 Å². The molecule has 3 nitrogen and oxygen atoms in total. The predicted molar refractivity (Wildman–Crippen MR) is 35.6 cm³/mol. The number of hydrogen-bond acceptors (Lipinski definition) is 3. The van der Waals surface area contributed by atoms with Gasteiger partial charge in [0.05, 0.1) is 17.8 Å². The Labute approximate surface area is 51.1 Å². The molecule has 0 amide bonds. The Morgan fingerprint density at radius 2 is 2.38 bits per heavy atom. The van der Waals surface area contributed by atoms with Gasteiger partial charge in [0.25, 0.3) is 0 Å². The van der Waals surface area contributed by atoms with Crippen LogP contribution in [0, 0.1) is 0 Å². The summed E-state index contributed by atoms with van der Waals surface area (Å²) in [6.07, 6.45) is 1.89. The first-order chi connectivity index (χ1) is 3.97. The molecule has 0 bridgehead atoms. The molecule has 0 fully saturated rings. The number of fused-ring (bicyclic) bond motifs is 1. The second-order valence-corrected chi connectivity index (χ2v) is 2.18. The molecule has 8 heavy (non-hydrogen) atoms. The van der Waals surface area contributed by atoms with Crippen molar-refractivity contribution in [3.63, 3.8) is 0 Å². The van der Waals surface area contributed by atoms with Crippen molar-refractivity contribution in [1.82, 2.24) is 4.98 Å². The molecule has 1 aliphatic rings. The number of aromatic nitrogens is 1. The van der Waals surface area contributed by atoms with Crippen molar-refractivity contribution < 1.29 is 0 Å². The smallest absolute Gasteiger partial charge is 0.139 e. The second kappa shape index (κ2) is 1.35. The van der Waals surface area contributed by atoms with E-state index in [1.54, 1.807) is 0 Å². The summed E-state index contributed by atoms with van der Waals surface area (Å²) < 4.78 is 6.08. The maximum atomic E-state index is 3.05. The lowest BCUT2D eigenvalue weighted by molar-refractivity contribution is 1.42. The van der Waals surface area contributed by atoms with Crippen LogP contribution in [0.2, 0.25) is 0 Å². The van der Waals surface area contributed by atoms with Gasteiger partial charge >= 0.3 is 0 Å². The topological polar surface area (TPSA) is 39.9 Å². The van der Waals surface area contributed by atoms with Gasteiger partial charge in [-0.3, -0.25) is 4.72 Å². The lowest BCUT2D eigenvalue weighted by Gasteiger charge is -1.84. The summed E-state index contributed by atoms with van der Waals surface area (Å²) in [6.45, 7) is 0. The summed E-state index contributed by atoms with van der Waals surface area (Å²) in [5, 5.41) is 0. The van der Waals surface area contributed by atoms with Crippen LogP contribution in [-0.2, 0) is 0 Å². The molecule has 0 aromatic carbocycles. The first-order valence-electron chi connectivity index (χ1n) is 2.32. The van der Waals surface area contributed by atoms with Gasteiger partial charge in [-0.1, -0.05) is 0 Å². The van der Waals surface area contributed by atoms with Crippen LogP contribution < -0.4 is 9.44 Å². The maximum Gasteiger partial charge on any atom is 0.139 e. The molecule has 42 valence electrons. The molecule has 2 rings (SSSR count). The minimum Gasteiger partial charge on any atom is -0.346 e. The number of anilines is 2. The van der Waals surface area contributed by atoms with E-state index in [-0.39, 0.29) is 0 Å². The molecule has 4 heteroatoms. The summed E-state index contributed by atoms with van der Waals surface area (Å²) in [5.41, 5.74) is 1.13. The monoisotopic (exact) mass is 127 g/mol. The maximum absolute atomic E-state index is 3.05. The summed E-state index contributed by atoms with van der Waals surface area (Å²) in [7, 11) is 0. The number of nitrogens with one attached hydrogen (secondary N) is 3. The normalized spacial score (nSPS) is 14.5. The van der Waals surface area contributed by atoms with Gasteiger partial charge < -0.3 is 9.71 Å². The minimum absolute atomic E-state index is 1.06. The zero-order chi connectivity index (χ0) is 5.40. The Morgan fingerprint density at radius 3 is 3.25 bits per heavy atom. The Balaban J connectivity index is 2.54. The highest BCUT2D eigenvalue weighted by Crippen LogP contribution is 2.30. The van der Waals surface area contributed by atoms with E-state index in [1.807, 2.05) is 12.3 Å². The van der Waals surface area contributed by atoms with Crippen molar-refractivity contribution in [2.75, 3.05) is 9.44 Å². The minimum atomic E-state index is 1.06. The van der Waals surface area contributed by atoms with E-state index in [2.05, 4.69) is 14.4 Å². The molecular weight excluding hydrogens is 122 g/mol. The van der Waals surface area contributed by atoms with Gasteiger partial charge in [0.1, 0.15) is 5.82 Å². The third-order valence-electron chi connectivity index (χ3n) is 1.06. The van der Waals surface area contributed by atoms with Gasteiger partial charge in [0.2, 0.25) is 0 Å². The number of hydrogen-bond donors (Lipinski definition) is 3. The highest BCUT2D eigenvalue weighted by molar-refractivity contribution is 8.02. The molecule has 0 saturated heterocycles. The molecule has 0 atom stereocenters. The first-order valence-corrected chi connectivity index (χ1v) is 3.14. The molecule has 1 aromatic rings. The molecular formula is C4H5N3S. The average Bonchev–Trinajstić information content (AvgIpc) is 2.15. The quantitative estimate of drug-likeness (QED) is 0.461. The van der Waals surface area contributed by atoms with Crippen molar-refractivity contribution in [3.8, 4) is 0 Å². The fourth-order valence-electron chi connectivity index (χ4n) is 0.670. The van der Waals surface area contributed by atoms with Crippen molar-refractivity contribution in [1.29, 1.82) is 0 Å². The van der Waals surface area contributed by atoms with E-state index >= 15 is 0 Å². The molecule has 0 saturated carbocycles. The van der Waals surface area contributed by atoms with Crippen LogP contribution in [-0.4, -0.2) is 4.98 Å². The third-order valence-corrected chi connectivity index (χ3v) is 1.69. The van der Waals surface area contributed by atoms with Gasteiger partial charge in [-0.25, -0.2) is 0 Å². The summed E-state index contributed by atoms with van der Waals surface area (Å²) in [5.74, 6) is 1.06. The van der Waals surface area contributed by atoms with Crippen molar-refractivity contribution in [2.24, 2.45) is 0 Å². The number of rotatable bonds is 0. The van der Waals surface area contributed by atoms with Crippen LogP contribution >= 0.6 is 12.1 Å². The first kappa shape index (κ1) is 4.14. The molecule has 0 radical (unpaired) electrons. The van der Waals surface area contributed by atoms with Crippen LogP contribution in [0.5, 0.6) is 0 Å². The molecule has 1 aromatic heterocycles. The SMILES string of the molecule is c1cc2c([nH]1)NSN2. The van der Waals surface area contributed by atoms with Crippen LogP contribution in [0.4, 0.5) is 11.5 Å². The van der Waals surface area contributed by atoms with Crippen LogP contribution in [0.25, 0.3) is 0 Å². The predicted octanol–water partition coefficient (Wildman–Crippen LogP) is 1.42. The van der Waals surface area contributed by atoms with Gasteiger partial charge in [0, 0.05) is 6.20 Å². The molecule has 3 N–H and O–H groups in total. The van der Waals surface area contributed by atoms with Gasteiger partial charge in [-0.2, -0.15) is 0 Å². The highest BCUT2D eigenvalue weighted by Gasteiger charge is 2.08. The van der Waals surface area contributed by atoms with E-state index in [0.717, 1.165) is 11.5 Å². The van der Waals surface area contributed by atoms with E-state index in [0.29, 0.717) is 0 Å². The van der Waals surface area contributed by atoms with Gasteiger partial charge in [0.15, 0.2) is 0 Å². The zero-order valence-corrected chi connectivity index (χ0v) is 4.88. The molecule has 0 unspecified atom stereocenters. The summed E-state index contributed by atoms with van der Waals surface area (Å²) >= 11 is 1.48.